The molecule has 0 aromatic heterocycles. The van der Waals surface area contributed by atoms with Gasteiger partial charge in [-0.25, -0.2) is 0 Å². The van der Waals surface area contributed by atoms with Crippen LogP contribution in [0.25, 0.3) is 0 Å². The van der Waals surface area contributed by atoms with E-state index in [1.165, 1.54) is 0 Å². The molecule has 0 bridgehead atoms. The molecule has 0 amide bonds. The summed E-state index contributed by atoms with van der Waals surface area (Å²) in [6, 6.07) is 0.509. The Kier molecular flexibility index (Phi) is 5.18. The normalized spacial score (nSPS) is 16.3. The molecule has 0 N–H and O–H groups in total. The van der Waals surface area contributed by atoms with Crippen LogP contribution in [0, 0.1) is 0 Å². The molecule has 3 heteroatoms. The minimum Gasteiger partial charge on any atom is -0.305 e. The van der Waals surface area contributed by atoms with Gasteiger partial charge in [-0.05, 0) is 41.9 Å². The highest BCUT2D eigenvalue weighted by atomic mass is 16.1. The maximum Gasteiger partial charge on any atom is 0.146 e. The first-order valence-corrected chi connectivity index (χ1v) is 4.73. The Hall–Kier alpha value is -0.410. The van der Waals surface area contributed by atoms with Crippen molar-refractivity contribution >= 4 is 5.78 Å². The van der Waals surface area contributed by atoms with Gasteiger partial charge in [-0.15, -0.1) is 0 Å². The molecular formula is C10H22N2O. The number of carbonyl (C=O) groups is 1. The van der Waals surface area contributed by atoms with Crippen molar-refractivity contribution in [1.82, 2.24) is 9.80 Å². The summed E-state index contributed by atoms with van der Waals surface area (Å²) in [5, 5.41) is 0. The fraction of sp³-hybridized carbons (Fsp3) is 0.900. The van der Waals surface area contributed by atoms with E-state index in [4.69, 9.17) is 0 Å². The minimum atomic E-state index is 0.0300. The standard InChI is InChI=1S/C10H22N2O/c1-8(11(4)5)7-12(6)9(2)10(3)13/h8-9H,7H2,1-6H3. The van der Waals surface area contributed by atoms with Crippen molar-refractivity contribution in [2.45, 2.75) is 32.9 Å². The van der Waals surface area contributed by atoms with E-state index in [1.54, 1.807) is 6.92 Å². The molecule has 0 spiro atoms. The second-order valence-corrected chi connectivity index (χ2v) is 4.04. The lowest BCUT2D eigenvalue weighted by atomic mass is 10.2. The first kappa shape index (κ1) is 12.6. The number of ketones is 1. The summed E-state index contributed by atoms with van der Waals surface area (Å²) in [4.78, 5) is 15.3. The first-order valence-electron chi connectivity index (χ1n) is 4.73. The van der Waals surface area contributed by atoms with Crippen LogP contribution in [-0.4, -0.2) is 55.4 Å². The molecule has 0 aromatic rings. The number of hydrogen-bond donors (Lipinski definition) is 0. The predicted molar refractivity (Wildman–Crippen MR) is 55.9 cm³/mol. The fourth-order valence-electron chi connectivity index (χ4n) is 1.05. The zero-order valence-electron chi connectivity index (χ0n) is 9.66. The molecule has 2 atom stereocenters. The summed E-state index contributed by atoms with van der Waals surface area (Å²) in [5.41, 5.74) is 0. The van der Waals surface area contributed by atoms with Gasteiger partial charge >= 0.3 is 0 Å². The highest BCUT2D eigenvalue weighted by Gasteiger charge is 2.16. The number of hydrogen-bond acceptors (Lipinski definition) is 3. The molecule has 0 fully saturated rings. The van der Waals surface area contributed by atoms with E-state index in [0.717, 1.165) is 6.54 Å². The van der Waals surface area contributed by atoms with E-state index < -0.39 is 0 Å². The van der Waals surface area contributed by atoms with Crippen LogP contribution in [0.3, 0.4) is 0 Å². The number of carbonyl (C=O) groups excluding carboxylic acids is 1. The van der Waals surface area contributed by atoms with Crippen molar-refractivity contribution in [2.75, 3.05) is 27.7 Å². The lowest BCUT2D eigenvalue weighted by molar-refractivity contribution is -0.121. The topological polar surface area (TPSA) is 23.6 Å². The molecule has 0 aliphatic heterocycles. The first-order chi connectivity index (χ1) is 5.86. The van der Waals surface area contributed by atoms with Gasteiger partial charge in [0.15, 0.2) is 0 Å². The Balaban J connectivity index is 3.99. The highest BCUT2D eigenvalue weighted by molar-refractivity contribution is 5.80. The van der Waals surface area contributed by atoms with Crippen molar-refractivity contribution in [1.29, 1.82) is 0 Å². The van der Waals surface area contributed by atoms with Gasteiger partial charge in [-0.3, -0.25) is 9.69 Å². The SMILES string of the molecule is CC(=O)C(C)N(C)CC(C)N(C)C. The average Bonchev–Trinajstić information content (AvgIpc) is 2.02. The van der Waals surface area contributed by atoms with E-state index >= 15 is 0 Å². The van der Waals surface area contributed by atoms with Gasteiger partial charge in [-0.2, -0.15) is 0 Å². The predicted octanol–water partition coefficient (Wildman–Crippen LogP) is 0.846. The van der Waals surface area contributed by atoms with Crippen LogP contribution in [0.1, 0.15) is 20.8 Å². The Morgan fingerprint density at radius 1 is 1.23 bits per heavy atom. The van der Waals surface area contributed by atoms with Gasteiger partial charge in [0, 0.05) is 12.6 Å². The molecule has 0 aliphatic carbocycles. The molecule has 13 heavy (non-hydrogen) atoms. The third-order valence-electron chi connectivity index (χ3n) is 2.68. The second kappa shape index (κ2) is 5.35. The fourth-order valence-corrected chi connectivity index (χ4v) is 1.05. The van der Waals surface area contributed by atoms with E-state index in [1.807, 2.05) is 14.0 Å². The molecule has 3 nitrogen and oxygen atoms in total. The number of likely N-dealkylation sites (N-methyl/N-ethyl adjacent to an activating group) is 2. The van der Waals surface area contributed by atoms with Crippen molar-refractivity contribution in [3.05, 3.63) is 0 Å². The quantitative estimate of drug-likeness (QED) is 0.636. The van der Waals surface area contributed by atoms with E-state index in [-0.39, 0.29) is 11.8 Å². The van der Waals surface area contributed by atoms with E-state index in [9.17, 15) is 4.79 Å². The summed E-state index contributed by atoms with van der Waals surface area (Å²) in [6.45, 7) is 6.67. The van der Waals surface area contributed by atoms with Crippen molar-refractivity contribution in [3.8, 4) is 0 Å². The van der Waals surface area contributed by atoms with Gasteiger partial charge in [-0.1, -0.05) is 0 Å². The van der Waals surface area contributed by atoms with Crippen LogP contribution in [-0.2, 0) is 4.79 Å². The van der Waals surface area contributed by atoms with E-state index in [0.29, 0.717) is 6.04 Å². The molecule has 0 rings (SSSR count). The summed E-state index contributed by atoms with van der Waals surface area (Å²) in [7, 11) is 6.10. The van der Waals surface area contributed by atoms with Crippen LogP contribution in [0.4, 0.5) is 0 Å². The molecule has 2 unspecified atom stereocenters. The van der Waals surface area contributed by atoms with Gasteiger partial charge in [0.2, 0.25) is 0 Å². The Bertz CT molecular complexity index is 168. The Morgan fingerprint density at radius 3 is 2.00 bits per heavy atom. The summed E-state index contributed by atoms with van der Waals surface area (Å²) in [6.07, 6.45) is 0. The van der Waals surface area contributed by atoms with Gasteiger partial charge < -0.3 is 4.90 Å². The zero-order chi connectivity index (χ0) is 10.6. The maximum absolute atomic E-state index is 11.1. The summed E-state index contributed by atoms with van der Waals surface area (Å²) in [5.74, 6) is 0.230. The largest absolute Gasteiger partial charge is 0.305 e. The summed E-state index contributed by atoms with van der Waals surface area (Å²) < 4.78 is 0. The minimum absolute atomic E-state index is 0.0300. The molecular weight excluding hydrogens is 164 g/mol. The third-order valence-corrected chi connectivity index (χ3v) is 2.68. The van der Waals surface area contributed by atoms with Crippen molar-refractivity contribution in [2.24, 2.45) is 0 Å². The highest BCUT2D eigenvalue weighted by Crippen LogP contribution is 2.01. The Labute approximate surface area is 81.7 Å². The van der Waals surface area contributed by atoms with E-state index in [2.05, 4.69) is 30.8 Å². The molecule has 78 valence electrons. The number of nitrogens with zero attached hydrogens (tertiary/aromatic N) is 2. The molecule has 0 aromatic carbocycles. The van der Waals surface area contributed by atoms with Crippen molar-refractivity contribution in [3.63, 3.8) is 0 Å². The zero-order valence-corrected chi connectivity index (χ0v) is 9.66. The van der Waals surface area contributed by atoms with Gasteiger partial charge in [0.1, 0.15) is 5.78 Å². The molecule has 0 aliphatic rings. The molecule has 0 saturated carbocycles. The molecule has 0 heterocycles. The monoisotopic (exact) mass is 186 g/mol. The van der Waals surface area contributed by atoms with Crippen LogP contribution >= 0.6 is 0 Å². The second-order valence-electron chi connectivity index (χ2n) is 4.04. The maximum atomic E-state index is 11.1. The van der Waals surface area contributed by atoms with Crippen LogP contribution < -0.4 is 0 Å². The molecule has 0 radical (unpaired) electrons. The smallest absolute Gasteiger partial charge is 0.146 e. The average molecular weight is 186 g/mol. The third kappa shape index (κ3) is 4.39. The van der Waals surface area contributed by atoms with Crippen LogP contribution in [0.15, 0.2) is 0 Å². The Morgan fingerprint density at radius 2 is 1.69 bits per heavy atom. The number of Topliss-reactive ketones (excluding diaryl/α,β-unsaturated/α-hetero) is 1. The lowest BCUT2D eigenvalue weighted by Crippen LogP contribution is -2.43. The van der Waals surface area contributed by atoms with Gasteiger partial charge in [0.25, 0.3) is 0 Å². The summed E-state index contributed by atoms with van der Waals surface area (Å²) >= 11 is 0. The van der Waals surface area contributed by atoms with Gasteiger partial charge in [0.05, 0.1) is 6.04 Å². The van der Waals surface area contributed by atoms with Crippen molar-refractivity contribution < 1.29 is 4.79 Å². The van der Waals surface area contributed by atoms with Crippen LogP contribution in [0.2, 0.25) is 0 Å². The molecule has 0 saturated heterocycles. The lowest BCUT2D eigenvalue weighted by Gasteiger charge is -2.29. The number of rotatable bonds is 5. The van der Waals surface area contributed by atoms with Crippen LogP contribution in [0.5, 0.6) is 0 Å².